The van der Waals surface area contributed by atoms with Gasteiger partial charge < -0.3 is 14.5 Å². The van der Waals surface area contributed by atoms with Crippen LogP contribution in [0.15, 0.2) is 60.0 Å². The molecule has 0 fully saturated rings. The third-order valence-corrected chi connectivity index (χ3v) is 6.98. The van der Waals surface area contributed by atoms with Crippen LogP contribution in [-0.4, -0.2) is 53.3 Å². The summed E-state index contributed by atoms with van der Waals surface area (Å²) in [5.74, 6) is -0.702. The maximum atomic E-state index is 13.6. The molecule has 3 aromatic rings. The Morgan fingerprint density at radius 1 is 1.08 bits per heavy atom. The molecule has 0 atom stereocenters. The van der Waals surface area contributed by atoms with Gasteiger partial charge in [0.1, 0.15) is 11.6 Å². The largest absolute Gasteiger partial charge is 0.385 e. The van der Waals surface area contributed by atoms with Crippen LogP contribution < -0.4 is 0 Å². The fourth-order valence-electron chi connectivity index (χ4n) is 3.66. The summed E-state index contributed by atoms with van der Waals surface area (Å²) in [6, 6.07) is 15.6. The zero-order valence-corrected chi connectivity index (χ0v) is 21.8. The number of nitro groups is 1. The number of benzene rings is 2. The van der Waals surface area contributed by atoms with Crippen molar-refractivity contribution in [2.24, 2.45) is 0 Å². The summed E-state index contributed by atoms with van der Waals surface area (Å²) in [5, 5.41) is 13.3. The maximum Gasteiger partial charge on any atom is 0.288 e. The van der Waals surface area contributed by atoms with E-state index < -0.39 is 10.8 Å². The van der Waals surface area contributed by atoms with Crippen molar-refractivity contribution in [3.8, 4) is 0 Å². The van der Waals surface area contributed by atoms with Gasteiger partial charge in [0.2, 0.25) is 5.91 Å². The molecule has 2 aromatic carbocycles. The van der Waals surface area contributed by atoms with E-state index in [0.29, 0.717) is 26.1 Å². The Kier molecular flexibility index (Phi) is 9.98. The summed E-state index contributed by atoms with van der Waals surface area (Å²) >= 11 is 7.50. The van der Waals surface area contributed by atoms with Crippen LogP contribution in [0.1, 0.15) is 32.8 Å². The molecule has 0 saturated heterocycles. The van der Waals surface area contributed by atoms with Gasteiger partial charge in [0.25, 0.3) is 11.6 Å². The number of methoxy groups -OCH3 is 1. The number of amides is 2. The highest BCUT2D eigenvalue weighted by atomic mass is 35.5. The fraction of sp³-hybridized carbons (Fsp3) is 0.308. The maximum absolute atomic E-state index is 13.6. The molecule has 3 rings (SSSR count). The minimum Gasteiger partial charge on any atom is -0.385 e. The zero-order valence-electron chi connectivity index (χ0n) is 20.2. The average molecular weight is 530 g/mol. The minimum absolute atomic E-state index is 0.0566. The molecule has 0 N–H and O–H groups in total. The lowest BCUT2D eigenvalue weighted by Gasteiger charge is -2.28. The third kappa shape index (κ3) is 7.36. The highest BCUT2D eigenvalue weighted by Crippen LogP contribution is 2.26. The average Bonchev–Trinajstić information content (AvgIpc) is 3.27. The van der Waals surface area contributed by atoms with Crippen molar-refractivity contribution in [3.05, 3.63) is 96.7 Å². The van der Waals surface area contributed by atoms with Gasteiger partial charge in [0, 0.05) is 43.3 Å². The fourth-order valence-corrected chi connectivity index (χ4v) is 4.77. The molecule has 0 bridgehead atoms. The standard InChI is InChI=1S/C26H28ClN3O5S/c1-19-11-14-36-24(19)17-29(16-20-7-4-3-5-8-20)25(31)18-28(12-6-13-35-2)26(32)21-9-10-22(27)23(15-21)30(33)34/h3-5,7-11,14-15H,6,12-13,16-18H2,1-2H3. The van der Waals surface area contributed by atoms with Gasteiger partial charge in [-0.1, -0.05) is 41.9 Å². The monoisotopic (exact) mass is 529 g/mol. The van der Waals surface area contributed by atoms with Crippen molar-refractivity contribution < 1.29 is 19.2 Å². The number of halogens is 1. The number of hydrogen-bond donors (Lipinski definition) is 0. The summed E-state index contributed by atoms with van der Waals surface area (Å²) in [4.78, 5) is 41.8. The molecule has 0 aliphatic rings. The van der Waals surface area contributed by atoms with Crippen LogP contribution in [0.4, 0.5) is 5.69 Å². The molecule has 36 heavy (non-hydrogen) atoms. The molecular weight excluding hydrogens is 502 g/mol. The van der Waals surface area contributed by atoms with E-state index in [1.807, 2.05) is 48.7 Å². The number of nitrogens with zero attached hydrogens (tertiary/aromatic N) is 3. The van der Waals surface area contributed by atoms with Gasteiger partial charge in [-0.15, -0.1) is 11.3 Å². The smallest absolute Gasteiger partial charge is 0.288 e. The summed E-state index contributed by atoms with van der Waals surface area (Å²) in [6.45, 7) is 3.31. The first-order chi connectivity index (χ1) is 17.3. The van der Waals surface area contributed by atoms with Crippen LogP contribution in [0.3, 0.4) is 0 Å². The number of ether oxygens (including phenoxy) is 1. The number of carbonyl (C=O) groups is 2. The molecule has 0 spiro atoms. The van der Waals surface area contributed by atoms with Gasteiger partial charge in [-0.2, -0.15) is 0 Å². The first-order valence-electron chi connectivity index (χ1n) is 11.4. The van der Waals surface area contributed by atoms with Crippen LogP contribution in [0.5, 0.6) is 0 Å². The molecule has 0 aliphatic carbocycles. The van der Waals surface area contributed by atoms with E-state index in [0.717, 1.165) is 22.1 Å². The quantitative estimate of drug-likeness (QED) is 0.180. The number of carbonyl (C=O) groups excluding carboxylic acids is 2. The second-order valence-electron chi connectivity index (χ2n) is 8.26. The Labute approximate surface area is 219 Å². The van der Waals surface area contributed by atoms with Crippen molar-refractivity contribution in [1.82, 2.24) is 9.80 Å². The second-order valence-corrected chi connectivity index (χ2v) is 9.67. The number of thiophene rings is 1. The van der Waals surface area contributed by atoms with Crippen LogP contribution in [0, 0.1) is 17.0 Å². The molecule has 190 valence electrons. The van der Waals surface area contributed by atoms with Gasteiger partial charge in [0.15, 0.2) is 0 Å². The minimum atomic E-state index is -0.634. The second kappa shape index (κ2) is 13.2. The lowest BCUT2D eigenvalue weighted by molar-refractivity contribution is -0.384. The predicted molar refractivity (Wildman–Crippen MR) is 140 cm³/mol. The first kappa shape index (κ1) is 27.3. The molecular formula is C26H28ClN3O5S. The first-order valence-corrected chi connectivity index (χ1v) is 12.6. The van der Waals surface area contributed by atoms with Crippen LogP contribution in [-0.2, 0) is 22.6 Å². The number of hydrogen-bond acceptors (Lipinski definition) is 6. The highest BCUT2D eigenvalue weighted by molar-refractivity contribution is 7.10. The van der Waals surface area contributed by atoms with E-state index in [1.165, 1.54) is 17.0 Å². The van der Waals surface area contributed by atoms with Crippen molar-refractivity contribution in [2.45, 2.75) is 26.4 Å². The predicted octanol–water partition coefficient (Wildman–Crippen LogP) is 5.33. The van der Waals surface area contributed by atoms with Gasteiger partial charge in [0.05, 0.1) is 11.5 Å². The van der Waals surface area contributed by atoms with Gasteiger partial charge in [-0.05, 0) is 48.1 Å². The van der Waals surface area contributed by atoms with E-state index in [9.17, 15) is 19.7 Å². The summed E-state index contributed by atoms with van der Waals surface area (Å²) in [6.07, 6.45) is 0.508. The van der Waals surface area contributed by atoms with Crippen molar-refractivity contribution >= 4 is 40.4 Å². The third-order valence-electron chi connectivity index (χ3n) is 5.65. The molecule has 1 heterocycles. The van der Waals surface area contributed by atoms with E-state index in [1.54, 1.807) is 23.3 Å². The summed E-state index contributed by atoms with van der Waals surface area (Å²) < 4.78 is 5.12. The molecule has 1 aromatic heterocycles. The number of aryl methyl sites for hydroxylation is 1. The van der Waals surface area contributed by atoms with E-state index in [-0.39, 0.29) is 35.3 Å². The lowest BCUT2D eigenvalue weighted by Crippen LogP contribution is -2.43. The molecule has 2 amide bonds. The molecule has 10 heteroatoms. The van der Waals surface area contributed by atoms with E-state index >= 15 is 0 Å². The lowest BCUT2D eigenvalue weighted by atomic mass is 10.1. The summed E-state index contributed by atoms with van der Waals surface area (Å²) in [7, 11) is 1.56. The zero-order chi connectivity index (χ0) is 26.1. The van der Waals surface area contributed by atoms with Crippen LogP contribution >= 0.6 is 22.9 Å². The van der Waals surface area contributed by atoms with Crippen LogP contribution in [0.2, 0.25) is 5.02 Å². The molecule has 0 saturated carbocycles. The number of nitro benzene ring substituents is 1. The summed E-state index contributed by atoms with van der Waals surface area (Å²) in [5.41, 5.74) is 1.82. The normalized spacial score (nSPS) is 10.8. The Bertz CT molecular complexity index is 1200. The molecule has 8 nitrogen and oxygen atoms in total. The number of rotatable bonds is 12. The van der Waals surface area contributed by atoms with E-state index in [4.69, 9.17) is 16.3 Å². The SMILES string of the molecule is COCCCN(CC(=O)N(Cc1ccccc1)Cc1sccc1C)C(=O)c1ccc(Cl)c([N+](=O)[O-])c1. The van der Waals surface area contributed by atoms with Gasteiger partial charge in [-0.25, -0.2) is 0 Å². The molecule has 0 radical (unpaired) electrons. The molecule has 0 aliphatic heterocycles. The Morgan fingerprint density at radius 2 is 1.83 bits per heavy atom. The van der Waals surface area contributed by atoms with Gasteiger partial charge >= 0.3 is 0 Å². The van der Waals surface area contributed by atoms with Crippen molar-refractivity contribution in [3.63, 3.8) is 0 Å². The Hall–Kier alpha value is -3.27. The highest BCUT2D eigenvalue weighted by Gasteiger charge is 2.25. The van der Waals surface area contributed by atoms with Crippen LogP contribution in [0.25, 0.3) is 0 Å². The Morgan fingerprint density at radius 3 is 2.47 bits per heavy atom. The van der Waals surface area contributed by atoms with Crippen molar-refractivity contribution in [1.29, 1.82) is 0 Å². The molecule has 0 unspecified atom stereocenters. The topological polar surface area (TPSA) is 93.0 Å². The Balaban J connectivity index is 1.86. The van der Waals surface area contributed by atoms with E-state index in [2.05, 4.69) is 0 Å². The van der Waals surface area contributed by atoms with Gasteiger partial charge in [-0.3, -0.25) is 19.7 Å². The van der Waals surface area contributed by atoms with Crippen molar-refractivity contribution in [2.75, 3.05) is 26.8 Å².